The van der Waals surface area contributed by atoms with Crippen molar-refractivity contribution >= 4 is 6.47 Å². The lowest BCUT2D eigenvalue weighted by atomic mass is 10.3. The second-order valence-electron chi connectivity index (χ2n) is 2.88. The maximum absolute atomic E-state index is 9.69. The molecule has 69 valence electrons. The van der Waals surface area contributed by atoms with Gasteiger partial charge in [-0.2, -0.15) is 0 Å². The van der Waals surface area contributed by atoms with E-state index in [1.54, 1.807) is 0 Å². The Hall–Kier alpha value is -0.610. The van der Waals surface area contributed by atoms with Gasteiger partial charge in [-0.25, -0.2) is 4.79 Å². The molecule has 0 atom stereocenters. The van der Waals surface area contributed by atoms with Gasteiger partial charge in [0, 0.05) is 32.7 Å². The van der Waals surface area contributed by atoms with Gasteiger partial charge >= 0.3 is 6.47 Å². The monoisotopic (exact) mass is 171 g/mol. The van der Waals surface area contributed by atoms with Crippen molar-refractivity contribution in [1.82, 2.24) is 10.2 Å². The van der Waals surface area contributed by atoms with Crippen LogP contribution in [0.2, 0.25) is 0 Å². The Morgan fingerprint density at radius 3 is 2.83 bits per heavy atom. The molecule has 1 saturated heterocycles. The first kappa shape index (κ1) is 9.48. The third-order valence-corrected chi connectivity index (χ3v) is 1.99. The Kier molecular flexibility index (Phi) is 4.71. The fourth-order valence-electron chi connectivity index (χ4n) is 1.34. The number of carbonyl (C=O) groups excluding carboxylic acids is 1. The maximum atomic E-state index is 9.69. The molecule has 1 radical (unpaired) electrons. The molecule has 0 unspecified atom stereocenters. The van der Waals surface area contributed by atoms with Crippen LogP contribution in [0.25, 0.3) is 0 Å². The van der Waals surface area contributed by atoms with E-state index in [4.69, 9.17) is 0 Å². The van der Waals surface area contributed by atoms with Gasteiger partial charge in [0.2, 0.25) is 0 Å². The Balaban J connectivity index is 1.94. The van der Waals surface area contributed by atoms with Crippen molar-refractivity contribution in [3.8, 4) is 0 Å². The average Bonchev–Trinajstić information content (AvgIpc) is 2.14. The zero-order chi connectivity index (χ0) is 8.65. The fraction of sp³-hybridized carbons (Fsp3) is 0.875. The van der Waals surface area contributed by atoms with Crippen LogP contribution in [-0.2, 0) is 9.53 Å². The van der Waals surface area contributed by atoms with E-state index in [9.17, 15) is 4.79 Å². The van der Waals surface area contributed by atoms with Gasteiger partial charge < -0.3 is 15.0 Å². The molecule has 4 heteroatoms. The van der Waals surface area contributed by atoms with E-state index >= 15 is 0 Å². The summed E-state index contributed by atoms with van der Waals surface area (Å²) in [7, 11) is 0. The predicted octanol–water partition coefficient (Wildman–Crippen LogP) is -0.634. The molecule has 0 amide bonds. The summed E-state index contributed by atoms with van der Waals surface area (Å²) in [6.07, 6.45) is 0.912. The molecule has 4 nitrogen and oxygen atoms in total. The maximum Gasteiger partial charge on any atom is 0.417 e. The van der Waals surface area contributed by atoms with Crippen LogP contribution >= 0.6 is 0 Å². The minimum absolute atomic E-state index is 0.493. The second-order valence-corrected chi connectivity index (χ2v) is 2.88. The first-order valence-electron chi connectivity index (χ1n) is 4.35. The highest BCUT2D eigenvalue weighted by Gasteiger charge is 2.07. The molecule has 0 spiro atoms. The van der Waals surface area contributed by atoms with Crippen LogP contribution in [0.1, 0.15) is 6.42 Å². The minimum Gasteiger partial charge on any atom is -0.457 e. The van der Waals surface area contributed by atoms with Gasteiger partial charge in [0.1, 0.15) is 0 Å². The van der Waals surface area contributed by atoms with Crippen LogP contribution in [-0.4, -0.2) is 50.7 Å². The predicted molar refractivity (Wildman–Crippen MR) is 45.6 cm³/mol. The zero-order valence-electron chi connectivity index (χ0n) is 7.21. The Labute approximate surface area is 72.9 Å². The molecule has 0 aromatic rings. The molecule has 12 heavy (non-hydrogen) atoms. The van der Waals surface area contributed by atoms with Crippen molar-refractivity contribution < 1.29 is 9.53 Å². The lowest BCUT2D eigenvalue weighted by Crippen LogP contribution is -2.43. The number of ether oxygens (including phenoxy) is 1. The van der Waals surface area contributed by atoms with Crippen LogP contribution in [0.5, 0.6) is 0 Å². The van der Waals surface area contributed by atoms with Crippen molar-refractivity contribution in [1.29, 1.82) is 0 Å². The number of hydrogen-bond donors (Lipinski definition) is 1. The smallest absolute Gasteiger partial charge is 0.417 e. The van der Waals surface area contributed by atoms with Crippen LogP contribution in [0.15, 0.2) is 0 Å². The van der Waals surface area contributed by atoms with Crippen LogP contribution in [0.3, 0.4) is 0 Å². The Bertz CT molecular complexity index is 124. The topological polar surface area (TPSA) is 41.6 Å². The molecule has 1 aliphatic rings. The highest BCUT2D eigenvalue weighted by molar-refractivity contribution is 5.37. The Morgan fingerprint density at radius 2 is 2.17 bits per heavy atom. The first-order valence-corrected chi connectivity index (χ1v) is 4.35. The van der Waals surface area contributed by atoms with E-state index in [1.807, 2.05) is 0 Å². The molecular weight excluding hydrogens is 156 g/mol. The molecule has 1 heterocycles. The molecule has 1 fully saturated rings. The summed E-state index contributed by atoms with van der Waals surface area (Å²) < 4.78 is 4.48. The molecule has 0 bridgehead atoms. The molecular formula is C8H15N2O2. The van der Waals surface area contributed by atoms with Crippen LogP contribution < -0.4 is 5.32 Å². The summed E-state index contributed by atoms with van der Waals surface area (Å²) in [4.78, 5) is 12.1. The number of hydrogen-bond acceptors (Lipinski definition) is 4. The minimum atomic E-state index is 0.493. The number of piperazine rings is 1. The van der Waals surface area contributed by atoms with Gasteiger partial charge in [0.15, 0.2) is 0 Å². The van der Waals surface area contributed by atoms with Gasteiger partial charge in [0.25, 0.3) is 0 Å². The van der Waals surface area contributed by atoms with E-state index in [0.717, 1.165) is 39.1 Å². The summed E-state index contributed by atoms with van der Waals surface area (Å²) in [6, 6.07) is 0. The molecule has 0 aromatic heterocycles. The fourth-order valence-corrected chi connectivity index (χ4v) is 1.34. The normalized spacial score (nSPS) is 19.0. The lowest BCUT2D eigenvalue weighted by molar-refractivity contribution is 0.205. The third-order valence-electron chi connectivity index (χ3n) is 1.99. The number of rotatable bonds is 5. The molecule has 0 aliphatic carbocycles. The number of nitrogens with one attached hydrogen (secondary N) is 1. The van der Waals surface area contributed by atoms with Gasteiger partial charge in [-0.3, -0.25) is 0 Å². The second kappa shape index (κ2) is 5.97. The highest BCUT2D eigenvalue weighted by Crippen LogP contribution is 1.93. The summed E-state index contributed by atoms with van der Waals surface area (Å²) >= 11 is 0. The third kappa shape index (κ3) is 3.69. The van der Waals surface area contributed by atoms with Gasteiger partial charge in [-0.1, -0.05) is 0 Å². The van der Waals surface area contributed by atoms with Crippen LogP contribution in [0.4, 0.5) is 0 Å². The first-order chi connectivity index (χ1) is 5.93. The standard InChI is InChI=1S/C8H15N2O2/c11-8-12-7-1-4-10-5-2-9-3-6-10/h9H,1-7H2. The summed E-state index contributed by atoms with van der Waals surface area (Å²) in [5.74, 6) is 0. The Morgan fingerprint density at radius 1 is 1.42 bits per heavy atom. The van der Waals surface area contributed by atoms with E-state index in [-0.39, 0.29) is 0 Å². The largest absolute Gasteiger partial charge is 0.457 e. The van der Waals surface area contributed by atoms with Crippen molar-refractivity contribution in [3.05, 3.63) is 0 Å². The quantitative estimate of drug-likeness (QED) is 0.559. The number of nitrogens with zero attached hydrogens (tertiary/aromatic N) is 1. The van der Waals surface area contributed by atoms with Crippen molar-refractivity contribution in [3.63, 3.8) is 0 Å². The van der Waals surface area contributed by atoms with Crippen LogP contribution in [0, 0.1) is 0 Å². The van der Waals surface area contributed by atoms with E-state index in [2.05, 4.69) is 15.0 Å². The zero-order valence-corrected chi connectivity index (χ0v) is 7.21. The van der Waals surface area contributed by atoms with Crippen molar-refractivity contribution in [2.24, 2.45) is 0 Å². The summed E-state index contributed by atoms with van der Waals surface area (Å²) in [6.45, 7) is 7.28. The van der Waals surface area contributed by atoms with Gasteiger partial charge in [0.05, 0.1) is 6.61 Å². The molecule has 1 rings (SSSR count). The summed E-state index contributed by atoms with van der Waals surface area (Å²) in [5, 5.41) is 3.28. The lowest BCUT2D eigenvalue weighted by Gasteiger charge is -2.26. The molecule has 1 aliphatic heterocycles. The average molecular weight is 171 g/mol. The highest BCUT2D eigenvalue weighted by atomic mass is 16.5. The SMILES string of the molecule is O=[C]OCCCN1CCNCC1. The van der Waals surface area contributed by atoms with E-state index < -0.39 is 0 Å². The molecule has 1 N–H and O–H groups in total. The van der Waals surface area contributed by atoms with E-state index in [1.165, 1.54) is 6.47 Å². The summed E-state index contributed by atoms with van der Waals surface area (Å²) in [5.41, 5.74) is 0. The van der Waals surface area contributed by atoms with Crippen molar-refractivity contribution in [2.45, 2.75) is 6.42 Å². The molecule has 0 aromatic carbocycles. The van der Waals surface area contributed by atoms with E-state index in [0.29, 0.717) is 6.61 Å². The van der Waals surface area contributed by atoms with Gasteiger partial charge in [-0.15, -0.1) is 0 Å². The van der Waals surface area contributed by atoms with Crippen molar-refractivity contribution in [2.75, 3.05) is 39.3 Å². The van der Waals surface area contributed by atoms with Gasteiger partial charge in [-0.05, 0) is 6.42 Å². The molecule has 0 saturated carbocycles.